The Hall–Kier alpha value is -6.84. The van der Waals surface area contributed by atoms with Crippen LogP contribution in [0.25, 0.3) is 66.4 Å². The standard InChI is InChI=1S/C51H37N3/c1-51(2)44-32-40(48-18-11-17-47(53-48)36-14-7-4-8-15-36)30-38-19-20-39-31-43(33-45(51)50(39)49(38)44)54(41-25-21-35(22-26-41)34-12-5-3-6-13-34)42-27-23-37(24-28-42)46-16-9-10-29-52-46/h3-33H,1-2H3. The van der Waals surface area contributed by atoms with Crippen LogP contribution in [0.4, 0.5) is 17.1 Å². The maximum atomic E-state index is 5.15. The van der Waals surface area contributed by atoms with Crippen molar-refractivity contribution in [2.24, 2.45) is 0 Å². The molecule has 0 spiro atoms. The first kappa shape index (κ1) is 31.9. The van der Waals surface area contributed by atoms with Crippen molar-refractivity contribution in [2.75, 3.05) is 4.90 Å². The fourth-order valence-electron chi connectivity index (χ4n) is 8.28. The Balaban J connectivity index is 1.10. The lowest BCUT2D eigenvalue weighted by Gasteiger charge is -2.29. The van der Waals surface area contributed by atoms with Gasteiger partial charge in [-0.15, -0.1) is 0 Å². The van der Waals surface area contributed by atoms with Gasteiger partial charge >= 0.3 is 0 Å². The minimum Gasteiger partial charge on any atom is -0.310 e. The normalized spacial score (nSPS) is 12.8. The van der Waals surface area contributed by atoms with E-state index in [1.807, 2.05) is 24.4 Å². The molecule has 0 saturated carbocycles. The first-order valence-corrected chi connectivity index (χ1v) is 18.6. The lowest BCUT2D eigenvalue weighted by atomic mass is 9.80. The predicted molar refractivity (Wildman–Crippen MR) is 226 cm³/mol. The highest BCUT2D eigenvalue weighted by Crippen LogP contribution is 2.52. The molecule has 0 atom stereocenters. The number of hydrogen-bond donors (Lipinski definition) is 0. The molecule has 0 N–H and O–H groups in total. The fraction of sp³-hybridized carbons (Fsp3) is 0.0588. The van der Waals surface area contributed by atoms with Gasteiger partial charge in [0, 0.05) is 45.4 Å². The molecule has 0 saturated heterocycles. The molecule has 2 aromatic heterocycles. The van der Waals surface area contributed by atoms with E-state index in [-0.39, 0.29) is 5.41 Å². The Labute approximate surface area is 315 Å². The summed E-state index contributed by atoms with van der Waals surface area (Å²) in [6.45, 7) is 4.75. The lowest BCUT2D eigenvalue weighted by molar-refractivity contribution is 0.663. The summed E-state index contributed by atoms with van der Waals surface area (Å²) >= 11 is 0. The SMILES string of the molecule is CC1(C)c2cc(-c3cccc(-c4ccccc4)n3)cc3ccc4cc(N(c5ccc(-c6ccccc6)cc5)c5ccc(-c6ccccn6)cc5)cc1c4c23. The van der Waals surface area contributed by atoms with Crippen LogP contribution in [0, 0.1) is 0 Å². The quantitative estimate of drug-likeness (QED) is 0.156. The van der Waals surface area contributed by atoms with Crippen LogP contribution in [0.1, 0.15) is 25.0 Å². The maximum absolute atomic E-state index is 5.15. The molecule has 1 aliphatic carbocycles. The Morgan fingerprint density at radius 3 is 1.56 bits per heavy atom. The van der Waals surface area contributed by atoms with Crippen molar-refractivity contribution in [3.05, 3.63) is 199 Å². The summed E-state index contributed by atoms with van der Waals surface area (Å²) in [7, 11) is 0. The van der Waals surface area contributed by atoms with Crippen LogP contribution in [-0.4, -0.2) is 9.97 Å². The van der Waals surface area contributed by atoms with Crippen molar-refractivity contribution in [3.63, 3.8) is 0 Å². The second-order valence-electron chi connectivity index (χ2n) is 14.7. The van der Waals surface area contributed by atoms with Gasteiger partial charge in [0.1, 0.15) is 0 Å². The van der Waals surface area contributed by atoms with Crippen molar-refractivity contribution in [1.82, 2.24) is 9.97 Å². The van der Waals surface area contributed by atoms with Gasteiger partial charge < -0.3 is 4.90 Å². The van der Waals surface area contributed by atoms with Gasteiger partial charge in [-0.2, -0.15) is 0 Å². The van der Waals surface area contributed by atoms with Crippen molar-refractivity contribution in [1.29, 1.82) is 0 Å². The number of anilines is 3. The van der Waals surface area contributed by atoms with Gasteiger partial charge in [0.2, 0.25) is 0 Å². The van der Waals surface area contributed by atoms with Crippen LogP contribution < -0.4 is 4.90 Å². The number of aromatic nitrogens is 2. The van der Waals surface area contributed by atoms with E-state index in [0.29, 0.717) is 0 Å². The second-order valence-corrected chi connectivity index (χ2v) is 14.7. The van der Waals surface area contributed by atoms with Crippen LogP contribution in [-0.2, 0) is 5.41 Å². The lowest BCUT2D eigenvalue weighted by Crippen LogP contribution is -2.17. The van der Waals surface area contributed by atoms with Gasteiger partial charge in [-0.25, -0.2) is 4.98 Å². The molecule has 0 fully saturated rings. The van der Waals surface area contributed by atoms with E-state index in [9.17, 15) is 0 Å². The van der Waals surface area contributed by atoms with E-state index in [1.54, 1.807) is 0 Å². The average molecular weight is 692 g/mol. The second kappa shape index (κ2) is 12.7. The summed E-state index contributed by atoms with van der Waals surface area (Å²) < 4.78 is 0. The van der Waals surface area contributed by atoms with E-state index in [1.165, 1.54) is 43.8 Å². The molecule has 2 heterocycles. The zero-order valence-corrected chi connectivity index (χ0v) is 30.2. The minimum atomic E-state index is -0.227. The smallest absolute Gasteiger partial charge is 0.0709 e. The van der Waals surface area contributed by atoms with Crippen molar-refractivity contribution in [2.45, 2.75) is 19.3 Å². The summed E-state index contributed by atoms with van der Waals surface area (Å²) in [5.74, 6) is 0. The minimum absolute atomic E-state index is 0.227. The summed E-state index contributed by atoms with van der Waals surface area (Å²) in [6, 6.07) is 65.2. The van der Waals surface area contributed by atoms with Crippen LogP contribution >= 0.6 is 0 Å². The molecule has 7 aromatic carbocycles. The molecule has 54 heavy (non-hydrogen) atoms. The number of benzene rings is 7. The third-order valence-corrected chi connectivity index (χ3v) is 11.1. The molecule has 0 bridgehead atoms. The molecule has 10 rings (SSSR count). The first-order chi connectivity index (χ1) is 26.5. The number of nitrogens with zero attached hydrogens (tertiary/aromatic N) is 3. The molecular weight excluding hydrogens is 655 g/mol. The van der Waals surface area contributed by atoms with Gasteiger partial charge in [0.15, 0.2) is 0 Å². The molecule has 3 heteroatoms. The Bertz CT molecular complexity index is 2730. The van der Waals surface area contributed by atoms with Gasteiger partial charge in [0.05, 0.1) is 17.1 Å². The van der Waals surface area contributed by atoms with Crippen LogP contribution in [0.5, 0.6) is 0 Å². The number of pyridine rings is 2. The molecule has 0 unspecified atom stereocenters. The first-order valence-electron chi connectivity index (χ1n) is 18.6. The van der Waals surface area contributed by atoms with Crippen molar-refractivity contribution < 1.29 is 0 Å². The van der Waals surface area contributed by atoms with E-state index >= 15 is 0 Å². The molecule has 256 valence electrons. The number of hydrogen-bond acceptors (Lipinski definition) is 3. The van der Waals surface area contributed by atoms with Gasteiger partial charge in [-0.3, -0.25) is 4.98 Å². The highest BCUT2D eigenvalue weighted by molar-refractivity contribution is 6.16. The zero-order chi connectivity index (χ0) is 36.2. The van der Waals surface area contributed by atoms with Crippen molar-refractivity contribution >= 4 is 38.6 Å². The summed E-state index contributed by atoms with van der Waals surface area (Å²) in [5.41, 5.74) is 14.5. The maximum Gasteiger partial charge on any atom is 0.0709 e. The van der Waals surface area contributed by atoms with Gasteiger partial charge in [0.25, 0.3) is 0 Å². The predicted octanol–water partition coefficient (Wildman–Crippen LogP) is 13.6. The van der Waals surface area contributed by atoms with Crippen molar-refractivity contribution in [3.8, 4) is 44.9 Å². The zero-order valence-electron chi connectivity index (χ0n) is 30.2. The highest BCUT2D eigenvalue weighted by Gasteiger charge is 2.35. The number of rotatable bonds is 7. The summed E-state index contributed by atoms with van der Waals surface area (Å²) in [6.07, 6.45) is 1.85. The molecule has 0 amide bonds. The molecule has 0 aliphatic heterocycles. The van der Waals surface area contributed by atoms with E-state index < -0.39 is 0 Å². The third kappa shape index (κ3) is 5.36. The highest BCUT2D eigenvalue weighted by atomic mass is 15.1. The van der Waals surface area contributed by atoms with E-state index in [0.717, 1.165) is 50.8 Å². The topological polar surface area (TPSA) is 29.0 Å². The Kier molecular flexibility index (Phi) is 7.48. The molecule has 9 aromatic rings. The molecular formula is C51H37N3. The van der Waals surface area contributed by atoms with E-state index in [2.05, 4.69) is 188 Å². The largest absolute Gasteiger partial charge is 0.310 e. The Morgan fingerprint density at radius 2 is 0.907 bits per heavy atom. The van der Waals surface area contributed by atoms with Crippen LogP contribution in [0.15, 0.2) is 188 Å². The average Bonchev–Trinajstić information content (AvgIpc) is 3.47. The molecule has 1 aliphatic rings. The molecule has 3 nitrogen and oxygen atoms in total. The summed E-state index contributed by atoms with van der Waals surface area (Å²) in [5, 5.41) is 5.19. The summed E-state index contributed by atoms with van der Waals surface area (Å²) in [4.78, 5) is 12.1. The van der Waals surface area contributed by atoms with Crippen LogP contribution in [0.3, 0.4) is 0 Å². The monoisotopic (exact) mass is 691 g/mol. The van der Waals surface area contributed by atoms with Gasteiger partial charge in [-0.1, -0.05) is 123 Å². The molecule has 0 radical (unpaired) electrons. The Morgan fingerprint density at radius 1 is 0.389 bits per heavy atom. The van der Waals surface area contributed by atoms with Crippen LogP contribution in [0.2, 0.25) is 0 Å². The van der Waals surface area contributed by atoms with E-state index in [4.69, 9.17) is 4.98 Å². The fourth-order valence-corrected chi connectivity index (χ4v) is 8.28. The van der Waals surface area contributed by atoms with Gasteiger partial charge in [-0.05, 0) is 117 Å². The third-order valence-electron chi connectivity index (χ3n) is 11.1.